The number of hydrogen-bond donors (Lipinski definition) is 1. The van der Waals surface area contributed by atoms with E-state index in [9.17, 15) is 9.59 Å². The molecule has 1 unspecified atom stereocenters. The first-order chi connectivity index (χ1) is 11.0. The van der Waals surface area contributed by atoms with Crippen molar-refractivity contribution in [1.29, 1.82) is 0 Å². The van der Waals surface area contributed by atoms with Gasteiger partial charge in [0.2, 0.25) is 0 Å². The first-order valence-corrected chi connectivity index (χ1v) is 8.09. The molecule has 2 aromatic rings. The monoisotopic (exact) mass is 377 g/mol. The molecule has 0 aliphatic carbocycles. The number of hydrogen-bond acceptors (Lipinski definition) is 3. The summed E-state index contributed by atoms with van der Waals surface area (Å²) in [6.07, 6.45) is 0.494. The molecule has 3 rings (SSSR count). The Labute approximate surface area is 141 Å². The Bertz CT molecular complexity index is 754. The van der Waals surface area contributed by atoms with Gasteiger partial charge in [0.15, 0.2) is 5.69 Å². The van der Waals surface area contributed by atoms with Gasteiger partial charge in [-0.25, -0.2) is 4.68 Å². The minimum absolute atomic E-state index is 0.215. The van der Waals surface area contributed by atoms with Gasteiger partial charge in [0.25, 0.3) is 5.91 Å². The summed E-state index contributed by atoms with van der Waals surface area (Å²) >= 11 is 3.39. The standard InChI is InChI=1S/C16H16BrN3O3/c1-10-8-14(15(21)19-7-6-11(9-19)16(22)23)18-20(10)13-4-2-12(17)3-5-13/h2-5,8,11H,6-7,9H2,1H3,(H,22,23). The Kier molecular flexibility index (Phi) is 4.21. The lowest BCUT2D eigenvalue weighted by atomic mass is 10.1. The molecule has 1 fully saturated rings. The maximum atomic E-state index is 12.5. The molecule has 0 bridgehead atoms. The molecular weight excluding hydrogens is 362 g/mol. The normalized spacial score (nSPS) is 17.5. The molecular formula is C16H16BrN3O3. The Hall–Kier alpha value is -2.15. The predicted octanol–water partition coefficient (Wildman–Crippen LogP) is 2.49. The van der Waals surface area contributed by atoms with Crippen LogP contribution >= 0.6 is 15.9 Å². The minimum Gasteiger partial charge on any atom is -0.481 e. The maximum Gasteiger partial charge on any atom is 0.308 e. The number of carbonyl (C=O) groups is 2. The van der Waals surface area contributed by atoms with Crippen molar-refractivity contribution >= 4 is 27.8 Å². The fourth-order valence-electron chi connectivity index (χ4n) is 2.73. The molecule has 1 atom stereocenters. The number of halogens is 1. The highest BCUT2D eigenvalue weighted by atomic mass is 79.9. The number of carboxylic acid groups (broad SMARTS) is 1. The molecule has 1 aliphatic heterocycles. The average Bonchev–Trinajstić information content (AvgIpc) is 3.14. The van der Waals surface area contributed by atoms with Crippen molar-refractivity contribution < 1.29 is 14.7 Å². The first-order valence-electron chi connectivity index (χ1n) is 7.30. The van der Waals surface area contributed by atoms with Gasteiger partial charge < -0.3 is 10.0 Å². The zero-order valence-electron chi connectivity index (χ0n) is 12.6. The van der Waals surface area contributed by atoms with Gasteiger partial charge in [0.1, 0.15) is 0 Å². The molecule has 6 nitrogen and oxygen atoms in total. The van der Waals surface area contributed by atoms with Crippen LogP contribution < -0.4 is 0 Å². The number of aromatic nitrogens is 2. The Balaban J connectivity index is 1.82. The van der Waals surface area contributed by atoms with Crippen molar-refractivity contribution in [3.63, 3.8) is 0 Å². The van der Waals surface area contributed by atoms with E-state index in [4.69, 9.17) is 5.11 Å². The fourth-order valence-corrected chi connectivity index (χ4v) is 3.00. The summed E-state index contributed by atoms with van der Waals surface area (Å²) in [5, 5.41) is 13.4. The highest BCUT2D eigenvalue weighted by Crippen LogP contribution is 2.20. The van der Waals surface area contributed by atoms with Gasteiger partial charge in [0.05, 0.1) is 11.6 Å². The summed E-state index contributed by atoms with van der Waals surface area (Å²) in [5.41, 5.74) is 2.07. The number of benzene rings is 1. The summed E-state index contributed by atoms with van der Waals surface area (Å²) < 4.78 is 2.68. The van der Waals surface area contributed by atoms with E-state index in [1.165, 1.54) is 0 Å². The van der Waals surface area contributed by atoms with Crippen LogP contribution in [-0.4, -0.2) is 44.8 Å². The smallest absolute Gasteiger partial charge is 0.308 e. The number of carboxylic acids is 1. The lowest BCUT2D eigenvalue weighted by Gasteiger charge is -2.13. The number of aryl methyl sites for hydroxylation is 1. The lowest BCUT2D eigenvalue weighted by molar-refractivity contribution is -0.141. The molecule has 0 radical (unpaired) electrons. The third-order valence-corrected chi connectivity index (χ3v) is 4.53. The second-order valence-electron chi connectivity index (χ2n) is 5.63. The lowest BCUT2D eigenvalue weighted by Crippen LogP contribution is -2.30. The van der Waals surface area contributed by atoms with Gasteiger partial charge in [-0.2, -0.15) is 5.10 Å². The van der Waals surface area contributed by atoms with Crippen LogP contribution in [0.1, 0.15) is 22.6 Å². The van der Waals surface area contributed by atoms with E-state index in [0.717, 1.165) is 15.9 Å². The molecule has 7 heteroatoms. The van der Waals surface area contributed by atoms with E-state index in [1.54, 1.807) is 15.6 Å². The van der Waals surface area contributed by atoms with E-state index < -0.39 is 11.9 Å². The van der Waals surface area contributed by atoms with E-state index in [2.05, 4.69) is 21.0 Å². The molecule has 1 saturated heterocycles. The van der Waals surface area contributed by atoms with Crippen molar-refractivity contribution in [2.24, 2.45) is 5.92 Å². The van der Waals surface area contributed by atoms with Crippen molar-refractivity contribution in [3.05, 3.63) is 46.2 Å². The number of aliphatic carboxylic acids is 1. The molecule has 0 spiro atoms. The van der Waals surface area contributed by atoms with E-state index in [1.807, 2.05) is 31.2 Å². The van der Waals surface area contributed by atoms with E-state index >= 15 is 0 Å². The molecule has 0 saturated carbocycles. The molecule has 120 valence electrons. The minimum atomic E-state index is -0.850. The zero-order valence-corrected chi connectivity index (χ0v) is 14.2. The van der Waals surface area contributed by atoms with Crippen LogP contribution in [0.2, 0.25) is 0 Å². The number of nitrogens with zero attached hydrogens (tertiary/aromatic N) is 3. The molecule has 1 N–H and O–H groups in total. The van der Waals surface area contributed by atoms with Crippen molar-refractivity contribution in [1.82, 2.24) is 14.7 Å². The molecule has 2 heterocycles. The van der Waals surface area contributed by atoms with Crippen molar-refractivity contribution in [3.8, 4) is 5.69 Å². The summed E-state index contributed by atoms with van der Waals surface area (Å²) in [7, 11) is 0. The van der Waals surface area contributed by atoms with Gasteiger partial charge in [0, 0.05) is 23.3 Å². The Morgan fingerprint density at radius 1 is 1.30 bits per heavy atom. The van der Waals surface area contributed by atoms with Crippen LogP contribution in [0.15, 0.2) is 34.8 Å². The highest BCUT2D eigenvalue weighted by Gasteiger charge is 2.32. The van der Waals surface area contributed by atoms with Crippen LogP contribution in [0.4, 0.5) is 0 Å². The predicted molar refractivity (Wildman–Crippen MR) is 87.6 cm³/mol. The summed E-state index contributed by atoms with van der Waals surface area (Å²) in [5.74, 6) is -1.54. The number of rotatable bonds is 3. The van der Waals surface area contributed by atoms with Crippen LogP contribution in [0.25, 0.3) is 5.69 Å². The van der Waals surface area contributed by atoms with E-state index in [-0.39, 0.29) is 12.5 Å². The third-order valence-electron chi connectivity index (χ3n) is 4.00. The summed E-state index contributed by atoms with van der Waals surface area (Å²) in [4.78, 5) is 25.1. The number of amides is 1. The molecule has 1 aliphatic rings. The largest absolute Gasteiger partial charge is 0.481 e. The number of likely N-dealkylation sites (tertiary alicyclic amines) is 1. The van der Waals surface area contributed by atoms with Crippen LogP contribution in [-0.2, 0) is 4.79 Å². The van der Waals surface area contributed by atoms with Crippen LogP contribution in [0.5, 0.6) is 0 Å². The van der Waals surface area contributed by atoms with Gasteiger partial charge in [-0.3, -0.25) is 9.59 Å². The quantitative estimate of drug-likeness (QED) is 0.891. The van der Waals surface area contributed by atoms with Crippen LogP contribution in [0, 0.1) is 12.8 Å². The van der Waals surface area contributed by atoms with Crippen LogP contribution in [0.3, 0.4) is 0 Å². The summed E-state index contributed by atoms with van der Waals surface area (Å²) in [6, 6.07) is 9.38. The van der Waals surface area contributed by atoms with Gasteiger partial charge in [-0.05, 0) is 43.7 Å². The Morgan fingerprint density at radius 3 is 2.61 bits per heavy atom. The zero-order chi connectivity index (χ0) is 16.6. The fraction of sp³-hybridized carbons (Fsp3) is 0.312. The Morgan fingerprint density at radius 2 is 2.00 bits per heavy atom. The van der Waals surface area contributed by atoms with Gasteiger partial charge in [-0.1, -0.05) is 15.9 Å². The second-order valence-corrected chi connectivity index (χ2v) is 6.55. The highest BCUT2D eigenvalue weighted by molar-refractivity contribution is 9.10. The van der Waals surface area contributed by atoms with Gasteiger partial charge in [-0.15, -0.1) is 0 Å². The molecule has 1 aromatic heterocycles. The SMILES string of the molecule is Cc1cc(C(=O)N2CCC(C(=O)O)C2)nn1-c1ccc(Br)cc1. The third kappa shape index (κ3) is 3.14. The van der Waals surface area contributed by atoms with E-state index in [0.29, 0.717) is 18.7 Å². The van der Waals surface area contributed by atoms with Crippen molar-refractivity contribution in [2.45, 2.75) is 13.3 Å². The molecule has 1 amide bonds. The summed E-state index contributed by atoms with van der Waals surface area (Å²) in [6.45, 7) is 2.59. The second kappa shape index (κ2) is 6.16. The van der Waals surface area contributed by atoms with Gasteiger partial charge >= 0.3 is 5.97 Å². The molecule has 23 heavy (non-hydrogen) atoms. The number of carbonyl (C=O) groups excluding carboxylic acids is 1. The molecule has 1 aromatic carbocycles. The average molecular weight is 378 g/mol. The van der Waals surface area contributed by atoms with Crippen molar-refractivity contribution in [2.75, 3.05) is 13.1 Å². The topological polar surface area (TPSA) is 75.4 Å². The maximum absolute atomic E-state index is 12.5. The first kappa shape index (κ1) is 15.7.